The number of Topliss-reactive ketones (excluding diaryl/α,β-unsaturated/α-hetero) is 1. The molecular weight excluding hydrogens is 666 g/mol. The standard InChI is InChI=1S/C36H26BrN3O7/c1-17-12-20(37)13-27-28(36(44)47-16-30(41)19-4-8-22(9-5-19)40(45)46)15-29(38-33(17)27)18-2-6-21(7-3-18)39-34(42)31-23-10-11-24(26-14-25(23)26)32(31)35(39)43/h2-13,15,23-26,31-32H,14,16H2,1H3. The van der Waals surface area contributed by atoms with Gasteiger partial charge in [0.15, 0.2) is 12.4 Å². The number of pyridine rings is 1. The van der Waals surface area contributed by atoms with Crippen LogP contribution in [0.3, 0.4) is 0 Å². The van der Waals surface area contributed by atoms with E-state index in [0.29, 0.717) is 39.7 Å². The molecule has 2 bridgehead atoms. The van der Waals surface area contributed by atoms with Crippen LogP contribution in [0.15, 0.2) is 83.4 Å². The van der Waals surface area contributed by atoms with Crippen LogP contribution in [0.5, 0.6) is 0 Å². The molecule has 10 nitrogen and oxygen atoms in total. The Morgan fingerprint density at radius 2 is 1.60 bits per heavy atom. The number of nitro groups is 1. The van der Waals surface area contributed by atoms with Crippen LogP contribution in [0.2, 0.25) is 0 Å². The smallest absolute Gasteiger partial charge is 0.339 e. The fourth-order valence-electron chi connectivity index (χ4n) is 7.83. The Morgan fingerprint density at radius 1 is 0.957 bits per heavy atom. The Hall–Kier alpha value is -5.03. The van der Waals surface area contributed by atoms with Crippen LogP contribution in [0, 0.1) is 52.5 Å². The minimum atomic E-state index is -0.736. The summed E-state index contributed by atoms with van der Waals surface area (Å²) in [4.78, 5) is 69.9. The van der Waals surface area contributed by atoms with Crippen molar-refractivity contribution in [1.82, 2.24) is 4.98 Å². The zero-order chi connectivity index (χ0) is 32.7. The first-order valence-electron chi connectivity index (χ1n) is 15.3. The van der Waals surface area contributed by atoms with Crippen molar-refractivity contribution in [3.63, 3.8) is 0 Å². The summed E-state index contributed by atoms with van der Waals surface area (Å²) >= 11 is 3.48. The number of benzene rings is 3. The lowest BCUT2D eigenvalue weighted by Crippen LogP contribution is -2.40. The van der Waals surface area contributed by atoms with E-state index in [1.807, 2.05) is 13.0 Å². The average molecular weight is 693 g/mol. The monoisotopic (exact) mass is 691 g/mol. The molecule has 6 unspecified atom stereocenters. The Kier molecular flexibility index (Phi) is 6.73. The SMILES string of the molecule is Cc1cc(Br)cc2c(C(=O)OCC(=O)c3ccc([N+](=O)[O-])cc3)cc(-c3ccc(N4C(=O)C5C6C=CC(C7CC67)C5C4=O)cc3)nc12. The molecule has 4 aliphatic carbocycles. The fraction of sp³-hybridized carbons (Fsp3) is 0.250. The maximum atomic E-state index is 13.6. The van der Waals surface area contributed by atoms with Gasteiger partial charge in [-0.2, -0.15) is 0 Å². The summed E-state index contributed by atoms with van der Waals surface area (Å²) in [5.74, 6) is -0.744. The van der Waals surface area contributed by atoms with Gasteiger partial charge >= 0.3 is 5.97 Å². The van der Waals surface area contributed by atoms with E-state index in [1.54, 1.807) is 36.4 Å². The maximum Gasteiger partial charge on any atom is 0.339 e. The predicted octanol–water partition coefficient (Wildman–Crippen LogP) is 6.48. The van der Waals surface area contributed by atoms with Crippen molar-refractivity contribution in [3.05, 3.63) is 110 Å². The van der Waals surface area contributed by atoms with Crippen molar-refractivity contribution in [2.45, 2.75) is 13.3 Å². The molecule has 9 rings (SSSR count). The van der Waals surface area contributed by atoms with Gasteiger partial charge in [-0.25, -0.2) is 9.78 Å². The molecule has 234 valence electrons. The first-order chi connectivity index (χ1) is 22.6. The number of amides is 2. The number of halogens is 1. The molecule has 0 N–H and O–H groups in total. The van der Waals surface area contributed by atoms with Crippen LogP contribution in [-0.4, -0.2) is 40.1 Å². The summed E-state index contributed by atoms with van der Waals surface area (Å²) in [5.41, 5.74) is 3.24. The summed E-state index contributed by atoms with van der Waals surface area (Å²) < 4.78 is 6.17. The molecule has 3 fully saturated rings. The first-order valence-corrected chi connectivity index (χ1v) is 16.1. The van der Waals surface area contributed by atoms with E-state index >= 15 is 0 Å². The number of ether oxygens (including phenoxy) is 1. The Morgan fingerprint density at radius 3 is 2.21 bits per heavy atom. The third kappa shape index (κ3) is 4.71. The van der Waals surface area contributed by atoms with E-state index in [1.165, 1.54) is 29.2 Å². The number of hydrogen-bond acceptors (Lipinski definition) is 8. The molecule has 6 atom stereocenters. The van der Waals surface area contributed by atoms with Gasteiger partial charge in [0.1, 0.15) is 0 Å². The highest BCUT2D eigenvalue weighted by molar-refractivity contribution is 9.10. The summed E-state index contributed by atoms with van der Waals surface area (Å²) in [6.45, 7) is 1.31. The van der Waals surface area contributed by atoms with Crippen LogP contribution < -0.4 is 4.90 Å². The number of nitro benzene ring substituents is 1. The number of rotatable bonds is 7. The third-order valence-electron chi connectivity index (χ3n) is 10.1. The average Bonchev–Trinajstić information content (AvgIpc) is 3.85. The third-order valence-corrected chi connectivity index (χ3v) is 10.6. The molecular formula is C36H26BrN3O7. The quantitative estimate of drug-likeness (QED) is 0.0537. The highest BCUT2D eigenvalue weighted by atomic mass is 79.9. The summed E-state index contributed by atoms with van der Waals surface area (Å²) in [6, 6.07) is 17.3. The molecule has 0 radical (unpaired) electrons. The summed E-state index contributed by atoms with van der Waals surface area (Å²) in [5, 5.41) is 11.5. The normalized spacial score (nSPS) is 25.1. The number of non-ortho nitro benzene ring substituents is 1. The zero-order valence-corrected chi connectivity index (χ0v) is 26.5. The van der Waals surface area contributed by atoms with Crippen molar-refractivity contribution < 1.29 is 28.8 Å². The van der Waals surface area contributed by atoms with E-state index in [9.17, 15) is 29.3 Å². The van der Waals surface area contributed by atoms with Crippen LogP contribution in [0.25, 0.3) is 22.2 Å². The minimum absolute atomic E-state index is 0.129. The molecule has 1 aliphatic heterocycles. The number of fused-ring (bicyclic) bond motifs is 1. The molecule has 1 aromatic heterocycles. The number of hydrogen-bond donors (Lipinski definition) is 0. The number of imide groups is 1. The van der Waals surface area contributed by atoms with Gasteiger partial charge in [0.05, 0.1) is 39.2 Å². The number of anilines is 1. The van der Waals surface area contributed by atoms with Gasteiger partial charge in [-0.15, -0.1) is 0 Å². The van der Waals surface area contributed by atoms with E-state index in [2.05, 4.69) is 28.1 Å². The Bertz CT molecular complexity index is 2060. The second-order valence-electron chi connectivity index (χ2n) is 12.7. The molecule has 1 saturated heterocycles. The van der Waals surface area contributed by atoms with E-state index < -0.39 is 23.3 Å². The van der Waals surface area contributed by atoms with Crippen molar-refractivity contribution in [2.24, 2.45) is 35.5 Å². The van der Waals surface area contributed by atoms with Crippen molar-refractivity contribution in [2.75, 3.05) is 11.5 Å². The lowest BCUT2D eigenvalue weighted by molar-refractivity contribution is -0.384. The van der Waals surface area contributed by atoms with E-state index in [-0.39, 0.29) is 52.3 Å². The van der Waals surface area contributed by atoms with Crippen LogP contribution in [0.4, 0.5) is 11.4 Å². The predicted molar refractivity (Wildman–Crippen MR) is 175 cm³/mol. The number of nitrogens with zero attached hydrogens (tertiary/aromatic N) is 3. The summed E-state index contributed by atoms with van der Waals surface area (Å²) in [6.07, 6.45) is 5.40. The molecule has 2 amide bonds. The number of aryl methyl sites for hydroxylation is 1. The van der Waals surface area contributed by atoms with Crippen LogP contribution in [0.1, 0.15) is 32.7 Å². The molecule has 5 aliphatic rings. The topological polar surface area (TPSA) is 137 Å². The molecule has 2 saturated carbocycles. The second-order valence-corrected chi connectivity index (χ2v) is 13.6. The lowest BCUT2D eigenvalue weighted by atomic mass is 9.63. The van der Waals surface area contributed by atoms with Gasteiger partial charge in [0.25, 0.3) is 5.69 Å². The van der Waals surface area contributed by atoms with Gasteiger partial charge in [0, 0.05) is 33.1 Å². The second kappa shape index (κ2) is 10.8. The number of carbonyl (C=O) groups is 4. The van der Waals surface area contributed by atoms with Gasteiger partial charge < -0.3 is 4.74 Å². The highest BCUT2D eigenvalue weighted by Gasteiger charge is 2.67. The number of allylic oxidation sites excluding steroid dienone is 2. The number of aromatic nitrogens is 1. The zero-order valence-electron chi connectivity index (χ0n) is 25.0. The van der Waals surface area contributed by atoms with Crippen LogP contribution >= 0.6 is 15.9 Å². The van der Waals surface area contributed by atoms with Crippen molar-refractivity contribution in [1.29, 1.82) is 0 Å². The largest absolute Gasteiger partial charge is 0.454 e. The molecule has 0 spiro atoms. The molecule has 2 heterocycles. The fourth-order valence-corrected chi connectivity index (χ4v) is 8.40. The lowest BCUT2D eigenvalue weighted by Gasteiger charge is -2.37. The molecule has 47 heavy (non-hydrogen) atoms. The van der Waals surface area contributed by atoms with E-state index in [4.69, 9.17) is 9.72 Å². The Labute approximate surface area is 276 Å². The summed E-state index contributed by atoms with van der Waals surface area (Å²) in [7, 11) is 0. The van der Waals surface area contributed by atoms with E-state index in [0.717, 1.165) is 16.5 Å². The van der Waals surface area contributed by atoms with Gasteiger partial charge in [0.2, 0.25) is 11.8 Å². The van der Waals surface area contributed by atoms with Crippen molar-refractivity contribution >= 4 is 61.8 Å². The van der Waals surface area contributed by atoms with Gasteiger partial charge in [-0.05, 0) is 85.0 Å². The number of carbonyl (C=O) groups excluding carboxylic acids is 4. The molecule has 4 aromatic rings. The first kappa shape index (κ1) is 29.4. The van der Waals surface area contributed by atoms with Crippen molar-refractivity contribution in [3.8, 4) is 11.3 Å². The van der Waals surface area contributed by atoms with Gasteiger partial charge in [-0.3, -0.25) is 29.4 Å². The van der Waals surface area contributed by atoms with Gasteiger partial charge in [-0.1, -0.05) is 40.2 Å². The number of esters is 1. The highest BCUT2D eigenvalue weighted by Crippen LogP contribution is 2.65. The Balaban J connectivity index is 1.07. The molecule has 3 aromatic carbocycles. The minimum Gasteiger partial charge on any atom is -0.454 e. The molecule has 11 heteroatoms. The van der Waals surface area contributed by atoms with Crippen LogP contribution in [-0.2, 0) is 14.3 Å². The number of ketones is 1. The maximum absolute atomic E-state index is 13.6.